The lowest BCUT2D eigenvalue weighted by atomic mass is 9.90. The highest BCUT2D eigenvalue weighted by Crippen LogP contribution is 2.39. The number of hydrogen-bond acceptors (Lipinski definition) is 1. The first-order valence-electron chi connectivity index (χ1n) is 5.71. The van der Waals surface area contributed by atoms with Crippen LogP contribution in [0, 0.1) is 0 Å². The molecular weight excluding hydrogens is 267 g/mol. The second-order valence-electron chi connectivity index (χ2n) is 4.30. The molecule has 0 aliphatic heterocycles. The minimum Gasteiger partial charge on any atom is -0.287 e. The van der Waals surface area contributed by atoms with E-state index in [0.717, 1.165) is 6.07 Å². The summed E-state index contributed by atoms with van der Waals surface area (Å²) in [5, 5.41) is 0. The van der Waals surface area contributed by atoms with E-state index < -0.39 is 23.4 Å². The largest absolute Gasteiger partial charge is 0.461 e. The predicted molar refractivity (Wildman–Crippen MR) is 60.5 cm³/mol. The maximum atomic E-state index is 13.1. The van der Waals surface area contributed by atoms with Gasteiger partial charge in [-0.25, -0.2) is 0 Å². The molecule has 0 saturated carbocycles. The second-order valence-corrected chi connectivity index (χ2v) is 4.30. The summed E-state index contributed by atoms with van der Waals surface area (Å²) >= 11 is 0. The van der Waals surface area contributed by atoms with Crippen molar-refractivity contribution in [2.45, 2.75) is 38.3 Å². The average Bonchev–Trinajstić information content (AvgIpc) is 2.35. The number of alkyl halides is 5. The molecule has 0 amide bonds. The van der Waals surface area contributed by atoms with Gasteiger partial charge in [0.15, 0.2) is 0 Å². The molecule has 19 heavy (non-hydrogen) atoms. The van der Waals surface area contributed by atoms with Gasteiger partial charge >= 0.3 is 12.1 Å². The Morgan fingerprint density at radius 1 is 1.16 bits per heavy atom. The van der Waals surface area contributed by atoms with E-state index in [0.29, 0.717) is 6.42 Å². The van der Waals surface area contributed by atoms with E-state index in [9.17, 15) is 26.7 Å². The molecule has 0 aromatic heterocycles. The number of carbonyl (C=O) groups excluding carboxylic acids is 1. The average molecular weight is 280 g/mol. The molecule has 0 aliphatic rings. The number of Topliss-reactive ketones (excluding diaryl/α,β-unsaturated/α-hetero) is 1. The summed E-state index contributed by atoms with van der Waals surface area (Å²) in [7, 11) is 0. The molecule has 1 nitrogen and oxygen atoms in total. The van der Waals surface area contributed by atoms with Crippen molar-refractivity contribution in [3.63, 3.8) is 0 Å². The standard InChI is InChI=1S/C13H13F5O/c1-3-8(2)9-6-4-5-7-10(9)11(19)12(14,15)13(16,17)18/h4-8H,3H2,1-2H3. The van der Waals surface area contributed by atoms with Crippen LogP contribution in [-0.2, 0) is 0 Å². The molecule has 0 saturated heterocycles. The molecule has 1 unspecified atom stereocenters. The Bertz CT molecular complexity index is 464. The number of carbonyl (C=O) groups is 1. The van der Waals surface area contributed by atoms with Crippen LogP contribution in [-0.4, -0.2) is 17.9 Å². The van der Waals surface area contributed by atoms with Crippen molar-refractivity contribution in [3.05, 3.63) is 35.4 Å². The SMILES string of the molecule is CCC(C)c1ccccc1C(=O)C(F)(F)C(F)(F)F. The van der Waals surface area contributed by atoms with Crippen LogP contribution in [0.25, 0.3) is 0 Å². The van der Waals surface area contributed by atoms with Crippen LogP contribution in [0.2, 0.25) is 0 Å². The first kappa shape index (κ1) is 15.6. The molecule has 0 bridgehead atoms. The van der Waals surface area contributed by atoms with Gasteiger partial charge in [0.05, 0.1) is 0 Å². The normalized spacial score (nSPS) is 14.3. The van der Waals surface area contributed by atoms with Gasteiger partial charge < -0.3 is 0 Å². The van der Waals surface area contributed by atoms with E-state index in [1.54, 1.807) is 13.8 Å². The molecule has 6 heteroatoms. The van der Waals surface area contributed by atoms with Crippen LogP contribution in [0.3, 0.4) is 0 Å². The number of rotatable bonds is 4. The van der Waals surface area contributed by atoms with E-state index in [4.69, 9.17) is 0 Å². The van der Waals surface area contributed by atoms with Crippen LogP contribution in [0.1, 0.15) is 42.1 Å². The number of ketones is 1. The van der Waals surface area contributed by atoms with Gasteiger partial charge in [-0.05, 0) is 17.9 Å². The molecule has 1 rings (SSSR count). The molecule has 0 spiro atoms. The van der Waals surface area contributed by atoms with Crippen molar-refractivity contribution in [2.24, 2.45) is 0 Å². The molecule has 1 atom stereocenters. The molecule has 0 aliphatic carbocycles. The van der Waals surface area contributed by atoms with Gasteiger partial charge in [-0.3, -0.25) is 4.79 Å². The van der Waals surface area contributed by atoms with Crippen LogP contribution in [0.4, 0.5) is 22.0 Å². The second kappa shape index (κ2) is 5.27. The molecule has 0 radical (unpaired) electrons. The molecule has 0 fully saturated rings. The number of benzene rings is 1. The summed E-state index contributed by atoms with van der Waals surface area (Å²) in [5.41, 5.74) is -0.363. The van der Waals surface area contributed by atoms with Crippen LogP contribution in [0.5, 0.6) is 0 Å². The highest BCUT2D eigenvalue weighted by Gasteiger charge is 2.63. The zero-order valence-corrected chi connectivity index (χ0v) is 10.4. The summed E-state index contributed by atoms with van der Waals surface area (Å²) in [6.07, 6.45) is -5.35. The molecule has 1 aromatic rings. The van der Waals surface area contributed by atoms with Crippen molar-refractivity contribution >= 4 is 5.78 Å². The fourth-order valence-corrected chi connectivity index (χ4v) is 1.65. The molecular formula is C13H13F5O. The van der Waals surface area contributed by atoms with Crippen LogP contribution < -0.4 is 0 Å². The van der Waals surface area contributed by atoms with E-state index in [2.05, 4.69) is 0 Å². The quantitative estimate of drug-likeness (QED) is 0.582. The van der Waals surface area contributed by atoms with Crippen molar-refractivity contribution in [1.82, 2.24) is 0 Å². The summed E-state index contributed by atoms with van der Waals surface area (Å²) < 4.78 is 62.8. The summed E-state index contributed by atoms with van der Waals surface area (Å²) in [6, 6.07) is 5.17. The highest BCUT2D eigenvalue weighted by molar-refractivity contribution is 6.03. The monoisotopic (exact) mass is 280 g/mol. The summed E-state index contributed by atoms with van der Waals surface area (Å²) in [6.45, 7) is 3.42. The minimum atomic E-state index is -5.88. The minimum absolute atomic E-state index is 0.207. The van der Waals surface area contributed by atoms with Crippen LogP contribution in [0.15, 0.2) is 24.3 Å². The van der Waals surface area contributed by atoms with Crippen molar-refractivity contribution < 1.29 is 26.7 Å². The molecule has 1 aromatic carbocycles. The molecule has 106 valence electrons. The fraction of sp³-hybridized carbons (Fsp3) is 0.462. The third-order valence-electron chi connectivity index (χ3n) is 2.99. The lowest BCUT2D eigenvalue weighted by Gasteiger charge is -2.21. The van der Waals surface area contributed by atoms with E-state index in [-0.39, 0.29) is 11.5 Å². The van der Waals surface area contributed by atoms with E-state index >= 15 is 0 Å². The van der Waals surface area contributed by atoms with Gasteiger partial charge in [0, 0.05) is 5.56 Å². The van der Waals surface area contributed by atoms with Crippen molar-refractivity contribution in [1.29, 1.82) is 0 Å². The Hall–Kier alpha value is -1.46. The third-order valence-corrected chi connectivity index (χ3v) is 2.99. The summed E-state index contributed by atoms with van der Waals surface area (Å²) in [4.78, 5) is 11.5. The Labute approximate surface area is 107 Å². The first-order valence-corrected chi connectivity index (χ1v) is 5.71. The molecule has 0 N–H and O–H groups in total. The Balaban J connectivity index is 3.28. The van der Waals surface area contributed by atoms with Gasteiger partial charge in [-0.1, -0.05) is 38.1 Å². The first-order chi connectivity index (χ1) is 8.63. The zero-order valence-electron chi connectivity index (χ0n) is 10.4. The van der Waals surface area contributed by atoms with Gasteiger partial charge in [-0.15, -0.1) is 0 Å². The number of hydrogen-bond donors (Lipinski definition) is 0. The smallest absolute Gasteiger partial charge is 0.287 e. The third kappa shape index (κ3) is 2.93. The Morgan fingerprint density at radius 2 is 1.68 bits per heavy atom. The van der Waals surface area contributed by atoms with Crippen molar-refractivity contribution in [2.75, 3.05) is 0 Å². The van der Waals surface area contributed by atoms with Gasteiger partial charge in [-0.2, -0.15) is 22.0 Å². The van der Waals surface area contributed by atoms with Gasteiger partial charge in [0.25, 0.3) is 0 Å². The topological polar surface area (TPSA) is 17.1 Å². The van der Waals surface area contributed by atoms with Crippen LogP contribution >= 0.6 is 0 Å². The Morgan fingerprint density at radius 3 is 2.16 bits per heavy atom. The maximum Gasteiger partial charge on any atom is 0.461 e. The predicted octanol–water partition coefficient (Wildman–Crippen LogP) is 4.58. The number of halogens is 5. The fourth-order valence-electron chi connectivity index (χ4n) is 1.65. The molecule has 0 heterocycles. The van der Waals surface area contributed by atoms with E-state index in [1.165, 1.54) is 18.2 Å². The zero-order chi connectivity index (χ0) is 14.8. The van der Waals surface area contributed by atoms with Gasteiger partial charge in [0.1, 0.15) is 0 Å². The van der Waals surface area contributed by atoms with Gasteiger partial charge in [0.2, 0.25) is 5.78 Å². The highest BCUT2D eigenvalue weighted by atomic mass is 19.4. The Kier molecular flexibility index (Phi) is 4.32. The lowest BCUT2D eigenvalue weighted by molar-refractivity contribution is -0.255. The maximum absolute atomic E-state index is 13.1. The van der Waals surface area contributed by atoms with E-state index in [1.807, 2.05) is 0 Å². The van der Waals surface area contributed by atoms with Crippen molar-refractivity contribution in [3.8, 4) is 0 Å². The summed E-state index contributed by atoms with van der Waals surface area (Å²) in [5.74, 6) is -7.84. The lowest BCUT2D eigenvalue weighted by Crippen LogP contribution is -2.44.